The Morgan fingerprint density at radius 2 is 2.13 bits per heavy atom. The molecule has 82 valence electrons. The van der Waals surface area contributed by atoms with Crippen LogP contribution in [-0.4, -0.2) is 13.1 Å². The van der Waals surface area contributed by atoms with E-state index in [-0.39, 0.29) is 0 Å². The topological polar surface area (TPSA) is 24.1 Å². The van der Waals surface area contributed by atoms with E-state index in [4.69, 9.17) is 0 Å². The van der Waals surface area contributed by atoms with Crippen LogP contribution >= 0.6 is 0 Å². The van der Waals surface area contributed by atoms with Gasteiger partial charge in [-0.2, -0.15) is 0 Å². The van der Waals surface area contributed by atoms with Crippen LogP contribution in [0, 0.1) is 0 Å². The SMILES string of the molecule is C=CNCCc1cccc(CNCC)c1. The molecule has 1 rings (SSSR count). The zero-order valence-electron chi connectivity index (χ0n) is 9.42. The second kappa shape index (κ2) is 7.07. The molecule has 15 heavy (non-hydrogen) atoms. The van der Waals surface area contributed by atoms with Crippen molar-refractivity contribution in [1.29, 1.82) is 0 Å². The van der Waals surface area contributed by atoms with Gasteiger partial charge in [0.1, 0.15) is 0 Å². The monoisotopic (exact) mass is 204 g/mol. The van der Waals surface area contributed by atoms with Crippen LogP contribution in [0.1, 0.15) is 18.1 Å². The molecule has 0 aliphatic heterocycles. The van der Waals surface area contributed by atoms with E-state index in [1.165, 1.54) is 11.1 Å². The van der Waals surface area contributed by atoms with Crippen LogP contribution in [0.15, 0.2) is 37.0 Å². The zero-order valence-corrected chi connectivity index (χ0v) is 9.42. The van der Waals surface area contributed by atoms with Crippen molar-refractivity contribution in [3.63, 3.8) is 0 Å². The molecular weight excluding hydrogens is 184 g/mol. The molecule has 0 fully saturated rings. The van der Waals surface area contributed by atoms with E-state index in [9.17, 15) is 0 Å². The highest BCUT2D eigenvalue weighted by molar-refractivity contribution is 5.23. The third-order valence-electron chi connectivity index (χ3n) is 2.27. The van der Waals surface area contributed by atoms with E-state index in [0.29, 0.717) is 0 Å². The lowest BCUT2D eigenvalue weighted by Gasteiger charge is -2.05. The Balaban J connectivity index is 2.46. The predicted molar refractivity (Wildman–Crippen MR) is 65.7 cm³/mol. The van der Waals surface area contributed by atoms with Gasteiger partial charge >= 0.3 is 0 Å². The van der Waals surface area contributed by atoms with Gasteiger partial charge in [0, 0.05) is 13.1 Å². The van der Waals surface area contributed by atoms with Gasteiger partial charge in [-0.1, -0.05) is 37.8 Å². The molecule has 0 unspecified atom stereocenters. The van der Waals surface area contributed by atoms with E-state index in [1.807, 2.05) is 0 Å². The Kier molecular flexibility index (Phi) is 5.56. The second-order valence-electron chi connectivity index (χ2n) is 3.51. The summed E-state index contributed by atoms with van der Waals surface area (Å²) >= 11 is 0. The van der Waals surface area contributed by atoms with Crippen LogP contribution in [0.4, 0.5) is 0 Å². The first kappa shape index (κ1) is 11.8. The molecule has 0 spiro atoms. The molecule has 0 aliphatic rings. The van der Waals surface area contributed by atoms with Crippen LogP contribution in [0.5, 0.6) is 0 Å². The second-order valence-corrected chi connectivity index (χ2v) is 3.51. The summed E-state index contributed by atoms with van der Waals surface area (Å²) in [6.07, 6.45) is 2.79. The fourth-order valence-electron chi connectivity index (χ4n) is 1.48. The summed E-state index contributed by atoms with van der Waals surface area (Å²) in [6, 6.07) is 8.71. The molecule has 0 amide bonds. The standard InChI is InChI=1S/C13H20N2/c1-3-14-9-8-12-6-5-7-13(10-12)11-15-4-2/h3,5-7,10,14-15H,1,4,8-9,11H2,2H3. The van der Waals surface area contributed by atoms with Gasteiger partial charge in [0.25, 0.3) is 0 Å². The number of hydrogen-bond acceptors (Lipinski definition) is 2. The van der Waals surface area contributed by atoms with Gasteiger partial charge in [-0.15, -0.1) is 0 Å². The predicted octanol–water partition coefficient (Wildman–Crippen LogP) is 2.07. The van der Waals surface area contributed by atoms with Gasteiger partial charge in [-0.3, -0.25) is 0 Å². The molecule has 2 N–H and O–H groups in total. The molecule has 0 aromatic heterocycles. The summed E-state index contributed by atoms with van der Waals surface area (Å²) in [5.74, 6) is 0. The minimum absolute atomic E-state index is 0.953. The van der Waals surface area contributed by atoms with Crippen molar-refractivity contribution in [3.8, 4) is 0 Å². The van der Waals surface area contributed by atoms with Crippen molar-refractivity contribution in [3.05, 3.63) is 48.2 Å². The summed E-state index contributed by atoms with van der Waals surface area (Å²) in [7, 11) is 0. The summed E-state index contributed by atoms with van der Waals surface area (Å²) in [5, 5.41) is 6.43. The Morgan fingerprint density at radius 3 is 2.87 bits per heavy atom. The van der Waals surface area contributed by atoms with E-state index < -0.39 is 0 Å². The Labute approximate surface area is 92.4 Å². The highest BCUT2D eigenvalue weighted by atomic mass is 14.8. The van der Waals surface area contributed by atoms with E-state index in [1.54, 1.807) is 6.20 Å². The summed E-state index contributed by atoms with van der Waals surface area (Å²) in [4.78, 5) is 0. The maximum absolute atomic E-state index is 3.63. The van der Waals surface area contributed by atoms with Crippen molar-refractivity contribution in [2.45, 2.75) is 19.9 Å². The number of benzene rings is 1. The molecule has 1 aromatic carbocycles. The molecule has 0 radical (unpaired) electrons. The van der Waals surface area contributed by atoms with Crippen LogP contribution in [0.3, 0.4) is 0 Å². The molecule has 2 nitrogen and oxygen atoms in total. The van der Waals surface area contributed by atoms with Crippen molar-refractivity contribution in [1.82, 2.24) is 10.6 Å². The largest absolute Gasteiger partial charge is 0.391 e. The molecule has 0 saturated carbocycles. The van der Waals surface area contributed by atoms with Gasteiger partial charge < -0.3 is 10.6 Å². The van der Waals surface area contributed by atoms with Gasteiger partial charge in [-0.05, 0) is 30.3 Å². The number of nitrogens with one attached hydrogen (secondary N) is 2. The zero-order chi connectivity index (χ0) is 10.9. The minimum atomic E-state index is 0.953. The van der Waals surface area contributed by atoms with E-state index in [0.717, 1.165) is 26.1 Å². The van der Waals surface area contributed by atoms with Crippen LogP contribution in [-0.2, 0) is 13.0 Å². The summed E-state index contributed by atoms with van der Waals surface area (Å²) in [6.45, 7) is 8.68. The maximum Gasteiger partial charge on any atom is 0.0205 e. The fraction of sp³-hybridized carbons (Fsp3) is 0.385. The summed E-state index contributed by atoms with van der Waals surface area (Å²) in [5.41, 5.74) is 2.73. The Bertz CT molecular complexity index is 294. The van der Waals surface area contributed by atoms with Crippen molar-refractivity contribution in [2.75, 3.05) is 13.1 Å². The molecule has 0 bridgehead atoms. The molecule has 2 heteroatoms. The normalized spacial score (nSPS) is 9.93. The number of rotatable bonds is 7. The molecular formula is C13H20N2. The molecule has 0 saturated heterocycles. The highest BCUT2D eigenvalue weighted by Gasteiger charge is 1.95. The minimum Gasteiger partial charge on any atom is -0.391 e. The van der Waals surface area contributed by atoms with Gasteiger partial charge in [0.2, 0.25) is 0 Å². The first-order valence-electron chi connectivity index (χ1n) is 5.49. The Hall–Kier alpha value is -1.28. The maximum atomic E-state index is 3.63. The van der Waals surface area contributed by atoms with Crippen LogP contribution in [0.25, 0.3) is 0 Å². The fourth-order valence-corrected chi connectivity index (χ4v) is 1.48. The van der Waals surface area contributed by atoms with E-state index >= 15 is 0 Å². The third kappa shape index (κ3) is 4.66. The average molecular weight is 204 g/mol. The summed E-state index contributed by atoms with van der Waals surface area (Å²) < 4.78 is 0. The number of hydrogen-bond donors (Lipinski definition) is 2. The van der Waals surface area contributed by atoms with Crippen LogP contribution < -0.4 is 10.6 Å². The van der Waals surface area contributed by atoms with Crippen molar-refractivity contribution < 1.29 is 0 Å². The van der Waals surface area contributed by atoms with Crippen molar-refractivity contribution in [2.24, 2.45) is 0 Å². The lowest BCUT2D eigenvalue weighted by atomic mass is 10.1. The molecule has 0 heterocycles. The van der Waals surface area contributed by atoms with Gasteiger partial charge in [0.15, 0.2) is 0 Å². The molecule has 0 aliphatic carbocycles. The van der Waals surface area contributed by atoms with Crippen LogP contribution in [0.2, 0.25) is 0 Å². The smallest absolute Gasteiger partial charge is 0.0205 e. The molecule has 1 aromatic rings. The first-order valence-corrected chi connectivity index (χ1v) is 5.49. The lowest BCUT2D eigenvalue weighted by Crippen LogP contribution is -2.12. The molecule has 0 atom stereocenters. The van der Waals surface area contributed by atoms with Gasteiger partial charge in [-0.25, -0.2) is 0 Å². The lowest BCUT2D eigenvalue weighted by molar-refractivity contribution is 0.725. The third-order valence-corrected chi connectivity index (χ3v) is 2.27. The van der Waals surface area contributed by atoms with Crippen molar-refractivity contribution >= 4 is 0 Å². The van der Waals surface area contributed by atoms with E-state index in [2.05, 4.69) is 48.4 Å². The first-order chi connectivity index (χ1) is 7.36. The quantitative estimate of drug-likeness (QED) is 0.664. The van der Waals surface area contributed by atoms with Gasteiger partial charge in [0.05, 0.1) is 0 Å². The highest BCUT2D eigenvalue weighted by Crippen LogP contribution is 2.05. The average Bonchev–Trinajstić information content (AvgIpc) is 2.27. The Morgan fingerprint density at radius 1 is 1.33 bits per heavy atom.